The highest BCUT2D eigenvalue weighted by atomic mass is 79.9. The van der Waals surface area contributed by atoms with Crippen LogP contribution in [-0.2, 0) is 21.4 Å². The number of nitrogens with zero attached hydrogens (tertiary/aromatic N) is 3. The quantitative estimate of drug-likeness (QED) is 0.541. The Kier molecular flexibility index (Phi) is 6.69. The van der Waals surface area contributed by atoms with Gasteiger partial charge in [0.05, 0.1) is 22.1 Å². The van der Waals surface area contributed by atoms with Crippen molar-refractivity contribution in [1.29, 1.82) is 0 Å². The Bertz CT molecular complexity index is 1380. The van der Waals surface area contributed by atoms with Crippen molar-refractivity contribution in [3.8, 4) is 0 Å². The van der Waals surface area contributed by atoms with Crippen LogP contribution in [0.4, 0.5) is 5.69 Å². The lowest BCUT2D eigenvalue weighted by atomic mass is 10.0. The minimum Gasteiger partial charge on any atom is -0.324 e. The number of carbonyl (C=O) groups excluding carboxylic acids is 1. The zero-order valence-corrected chi connectivity index (χ0v) is 20.8. The number of rotatable bonds is 5. The minimum atomic E-state index is -3.70. The molecule has 1 aromatic heterocycles. The Labute approximate surface area is 200 Å². The standard InChI is InChI=1S/C23H25BrN4O4S/c1-15-7-9-28(10-8-15)33(31,32)18-4-6-21-19(12-18)23(30)27(14-25-21)13-22(29)26-20-5-3-17(24)11-16(20)2/h3-6,11-12,14-15H,7-10,13H2,1-2H3,(H,26,29). The molecule has 0 saturated carbocycles. The first kappa shape index (κ1) is 23.6. The molecule has 3 aromatic rings. The van der Waals surface area contributed by atoms with Crippen molar-refractivity contribution in [3.63, 3.8) is 0 Å². The van der Waals surface area contributed by atoms with E-state index in [0.29, 0.717) is 30.2 Å². The normalized spacial score (nSPS) is 15.6. The smallest absolute Gasteiger partial charge is 0.261 e. The average molecular weight is 533 g/mol. The van der Waals surface area contributed by atoms with Crippen molar-refractivity contribution in [2.24, 2.45) is 5.92 Å². The van der Waals surface area contributed by atoms with Gasteiger partial charge >= 0.3 is 0 Å². The second-order valence-electron chi connectivity index (χ2n) is 8.45. The van der Waals surface area contributed by atoms with Gasteiger partial charge < -0.3 is 5.32 Å². The molecule has 10 heteroatoms. The molecule has 1 aliphatic heterocycles. The number of hydrogen-bond donors (Lipinski definition) is 1. The molecule has 1 amide bonds. The zero-order chi connectivity index (χ0) is 23.8. The van der Waals surface area contributed by atoms with Crippen LogP contribution in [0.15, 0.2) is 56.9 Å². The van der Waals surface area contributed by atoms with Crippen molar-refractivity contribution in [2.75, 3.05) is 18.4 Å². The van der Waals surface area contributed by atoms with E-state index in [9.17, 15) is 18.0 Å². The molecule has 2 heterocycles. The summed E-state index contributed by atoms with van der Waals surface area (Å²) in [4.78, 5) is 29.9. The molecule has 0 spiro atoms. The van der Waals surface area contributed by atoms with Gasteiger partial charge in [0.15, 0.2) is 0 Å². The van der Waals surface area contributed by atoms with E-state index in [4.69, 9.17) is 0 Å². The first-order valence-electron chi connectivity index (χ1n) is 10.7. The maximum Gasteiger partial charge on any atom is 0.261 e. The van der Waals surface area contributed by atoms with Gasteiger partial charge in [0.1, 0.15) is 6.54 Å². The Morgan fingerprint density at radius 1 is 1.18 bits per heavy atom. The molecular weight excluding hydrogens is 508 g/mol. The van der Waals surface area contributed by atoms with E-state index in [1.54, 1.807) is 6.07 Å². The molecule has 174 valence electrons. The van der Waals surface area contributed by atoms with Crippen molar-refractivity contribution < 1.29 is 13.2 Å². The van der Waals surface area contributed by atoms with Crippen molar-refractivity contribution in [1.82, 2.24) is 13.9 Å². The van der Waals surface area contributed by atoms with Crippen LogP contribution in [0.5, 0.6) is 0 Å². The number of amides is 1. The number of anilines is 1. The van der Waals surface area contributed by atoms with Crippen LogP contribution in [0.25, 0.3) is 10.9 Å². The van der Waals surface area contributed by atoms with Crippen LogP contribution in [-0.4, -0.2) is 41.3 Å². The topological polar surface area (TPSA) is 101 Å². The second-order valence-corrected chi connectivity index (χ2v) is 11.3. The Hall–Kier alpha value is -2.56. The fourth-order valence-electron chi connectivity index (χ4n) is 3.90. The van der Waals surface area contributed by atoms with Crippen LogP contribution in [0.2, 0.25) is 0 Å². The monoisotopic (exact) mass is 532 g/mol. The SMILES string of the molecule is Cc1cc(Br)ccc1NC(=O)Cn1cnc2ccc(S(=O)(=O)N3CCC(C)CC3)cc2c1=O. The number of nitrogens with one attached hydrogen (secondary N) is 1. The molecule has 0 aliphatic carbocycles. The summed E-state index contributed by atoms with van der Waals surface area (Å²) in [5.74, 6) is 0.117. The highest BCUT2D eigenvalue weighted by molar-refractivity contribution is 9.10. The third-order valence-corrected chi connectivity index (χ3v) is 8.34. The van der Waals surface area contributed by atoms with Gasteiger partial charge in [0.25, 0.3) is 5.56 Å². The van der Waals surface area contributed by atoms with Gasteiger partial charge in [0.2, 0.25) is 15.9 Å². The number of hydrogen-bond acceptors (Lipinski definition) is 5. The van der Waals surface area contributed by atoms with Crippen LogP contribution < -0.4 is 10.9 Å². The third-order valence-electron chi connectivity index (χ3n) is 5.95. The third kappa shape index (κ3) is 5.02. The lowest BCUT2D eigenvalue weighted by Gasteiger charge is -2.29. The highest BCUT2D eigenvalue weighted by Gasteiger charge is 2.28. The fourth-order valence-corrected chi connectivity index (χ4v) is 5.87. The summed E-state index contributed by atoms with van der Waals surface area (Å²) in [6.07, 6.45) is 2.93. The molecule has 0 atom stereocenters. The van der Waals surface area contributed by atoms with E-state index in [1.165, 1.54) is 33.4 Å². The minimum absolute atomic E-state index is 0.0659. The molecule has 1 aliphatic rings. The molecule has 8 nitrogen and oxygen atoms in total. The number of aryl methyl sites for hydroxylation is 1. The van der Waals surface area contributed by atoms with Crippen LogP contribution in [0.3, 0.4) is 0 Å². The number of carbonyl (C=O) groups is 1. The maximum absolute atomic E-state index is 13.1. The van der Waals surface area contributed by atoms with E-state index in [0.717, 1.165) is 22.9 Å². The summed E-state index contributed by atoms with van der Waals surface area (Å²) in [7, 11) is -3.70. The first-order chi connectivity index (χ1) is 15.6. The zero-order valence-electron chi connectivity index (χ0n) is 18.4. The second kappa shape index (κ2) is 9.36. The number of benzene rings is 2. The molecule has 1 saturated heterocycles. The Morgan fingerprint density at radius 3 is 2.61 bits per heavy atom. The lowest BCUT2D eigenvalue weighted by molar-refractivity contribution is -0.116. The summed E-state index contributed by atoms with van der Waals surface area (Å²) >= 11 is 3.38. The molecule has 33 heavy (non-hydrogen) atoms. The van der Waals surface area contributed by atoms with Crippen LogP contribution >= 0.6 is 15.9 Å². The molecule has 2 aromatic carbocycles. The van der Waals surface area contributed by atoms with Gasteiger partial charge in [0, 0.05) is 23.2 Å². The molecule has 4 rings (SSSR count). The van der Waals surface area contributed by atoms with Gasteiger partial charge in [-0.3, -0.25) is 14.2 Å². The summed E-state index contributed by atoms with van der Waals surface area (Å²) in [5.41, 5.74) is 1.44. The summed E-state index contributed by atoms with van der Waals surface area (Å²) in [5, 5.41) is 2.96. The van der Waals surface area contributed by atoms with Crippen molar-refractivity contribution >= 4 is 48.5 Å². The average Bonchev–Trinajstić information content (AvgIpc) is 2.78. The van der Waals surface area contributed by atoms with E-state index in [-0.39, 0.29) is 22.7 Å². The van der Waals surface area contributed by atoms with E-state index in [2.05, 4.69) is 33.2 Å². The number of piperidine rings is 1. The molecule has 0 unspecified atom stereocenters. The van der Waals surface area contributed by atoms with E-state index >= 15 is 0 Å². The number of sulfonamides is 1. The number of fused-ring (bicyclic) bond motifs is 1. The lowest BCUT2D eigenvalue weighted by Crippen LogP contribution is -2.38. The molecule has 1 fully saturated rings. The number of aromatic nitrogens is 2. The van der Waals surface area contributed by atoms with Gasteiger partial charge in [-0.15, -0.1) is 0 Å². The predicted molar refractivity (Wildman–Crippen MR) is 131 cm³/mol. The fraction of sp³-hybridized carbons (Fsp3) is 0.348. The highest BCUT2D eigenvalue weighted by Crippen LogP contribution is 2.25. The number of halogens is 1. The molecular formula is C23H25BrN4O4S. The molecule has 0 bridgehead atoms. The maximum atomic E-state index is 13.1. The van der Waals surface area contributed by atoms with Gasteiger partial charge in [-0.25, -0.2) is 13.4 Å². The summed E-state index contributed by atoms with van der Waals surface area (Å²) in [6.45, 7) is 4.68. The first-order valence-corrected chi connectivity index (χ1v) is 12.9. The van der Waals surface area contributed by atoms with Gasteiger partial charge in [-0.2, -0.15) is 4.31 Å². The summed E-state index contributed by atoms with van der Waals surface area (Å²) < 4.78 is 29.8. The predicted octanol–water partition coefficient (Wildman–Crippen LogP) is 3.53. The van der Waals surface area contributed by atoms with E-state index < -0.39 is 15.6 Å². The Balaban J connectivity index is 1.60. The van der Waals surface area contributed by atoms with Crippen molar-refractivity contribution in [3.05, 3.63) is 63.1 Å². The largest absolute Gasteiger partial charge is 0.324 e. The van der Waals surface area contributed by atoms with Crippen LogP contribution in [0, 0.1) is 12.8 Å². The van der Waals surface area contributed by atoms with E-state index in [1.807, 2.05) is 19.1 Å². The van der Waals surface area contributed by atoms with Crippen LogP contribution in [0.1, 0.15) is 25.3 Å². The molecule has 0 radical (unpaired) electrons. The Morgan fingerprint density at radius 2 is 1.91 bits per heavy atom. The summed E-state index contributed by atoms with van der Waals surface area (Å²) in [6, 6.07) is 9.85. The van der Waals surface area contributed by atoms with Gasteiger partial charge in [-0.05, 0) is 67.6 Å². The van der Waals surface area contributed by atoms with Crippen molar-refractivity contribution in [2.45, 2.75) is 38.1 Å². The molecule has 1 N–H and O–H groups in total. The van der Waals surface area contributed by atoms with Gasteiger partial charge in [-0.1, -0.05) is 22.9 Å².